The number of carbonyl (C=O) groups excluding carboxylic acids is 1. The van der Waals surface area contributed by atoms with Crippen molar-refractivity contribution in [2.75, 3.05) is 45.2 Å². The molecule has 0 aromatic heterocycles. The number of likely N-dealkylation sites (N-methyl/N-ethyl adjacent to an activating group) is 2. The number of hydrogen-bond acceptors (Lipinski definition) is 3. The molecular formula is C14H21N3O. The van der Waals surface area contributed by atoms with Crippen LogP contribution in [0, 0.1) is 0 Å². The minimum Gasteiger partial charge on any atom is -0.319 e. The maximum absolute atomic E-state index is 11.9. The molecule has 0 atom stereocenters. The quantitative estimate of drug-likeness (QED) is 0.852. The average molecular weight is 247 g/mol. The van der Waals surface area contributed by atoms with Crippen molar-refractivity contribution in [1.29, 1.82) is 0 Å². The van der Waals surface area contributed by atoms with Crippen molar-refractivity contribution in [2.45, 2.75) is 6.42 Å². The van der Waals surface area contributed by atoms with Crippen LogP contribution in [-0.2, 0) is 11.2 Å². The normalized spacial score (nSPS) is 17.2. The van der Waals surface area contributed by atoms with E-state index in [2.05, 4.69) is 22.3 Å². The van der Waals surface area contributed by atoms with Crippen LogP contribution in [0.3, 0.4) is 0 Å². The van der Waals surface area contributed by atoms with Gasteiger partial charge in [0.2, 0.25) is 5.91 Å². The lowest BCUT2D eigenvalue weighted by Crippen LogP contribution is -2.48. The van der Waals surface area contributed by atoms with E-state index in [4.69, 9.17) is 0 Å². The third-order valence-electron chi connectivity index (χ3n) is 3.32. The molecule has 0 bridgehead atoms. The highest BCUT2D eigenvalue weighted by atomic mass is 16.2. The minimum absolute atomic E-state index is 0.187. The van der Waals surface area contributed by atoms with Crippen molar-refractivity contribution in [2.24, 2.45) is 0 Å². The van der Waals surface area contributed by atoms with Gasteiger partial charge in [-0.25, -0.2) is 0 Å². The van der Waals surface area contributed by atoms with Gasteiger partial charge in [-0.05, 0) is 44.8 Å². The number of benzene rings is 1. The van der Waals surface area contributed by atoms with Crippen LogP contribution in [0.25, 0.3) is 0 Å². The Morgan fingerprint density at radius 3 is 2.56 bits per heavy atom. The van der Waals surface area contributed by atoms with Crippen LogP contribution in [0.1, 0.15) is 5.56 Å². The van der Waals surface area contributed by atoms with Crippen LogP contribution in [0.15, 0.2) is 24.3 Å². The SMILES string of the molecule is CNCCc1ccc(N2CCN(C)CC2=O)cc1. The average Bonchev–Trinajstić information content (AvgIpc) is 2.37. The molecule has 0 unspecified atom stereocenters. The first-order chi connectivity index (χ1) is 8.70. The zero-order valence-electron chi connectivity index (χ0n) is 11.1. The molecule has 98 valence electrons. The van der Waals surface area contributed by atoms with Gasteiger partial charge >= 0.3 is 0 Å². The second-order valence-corrected chi connectivity index (χ2v) is 4.80. The van der Waals surface area contributed by atoms with Gasteiger partial charge in [-0.1, -0.05) is 12.1 Å². The molecule has 1 fully saturated rings. The molecule has 1 aromatic carbocycles. The number of piperazine rings is 1. The highest BCUT2D eigenvalue weighted by molar-refractivity contribution is 5.95. The van der Waals surface area contributed by atoms with Gasteiger partial charge in [0.05, 0.1) is 6.54 Å². The summed E-state index contributed by atoms with van der Waals surface area (Å²) in [7, 11) is 3.94. The van der Waals surface area contributed by atoms with E-state index in [-0.39, 0.29) is 5.91 Å². The number of nitrogens with zero attached hydrogens (tertiary/aromatic N) is 2. The lowest BCUT2D eigenvalue weighted by molar-refractivity contribution is -0.120. The smallest absolute Gasteiger partial charge is 0.241 e. The fourth-order valence-electron chi connectivity index (χ4n) is 2.18. The molecule has 1 saturated heterocycles. The number of carbonyl (C=O) groups is 1. The predicted octanol–water partition coefficient (Wildman–Crippen LogP) is 0.727. The second-order valence-electron chi connectivity index (χ2n) is 4.80. The third kappa shape index (κ3) is 3.09. The summed E-state index contributed by atoms with van der Waals surface area (Å²) in [5, 5.41) is 3.14. The van der Waals surface area contributed by atoms with Gasteiger partial charge in [0.15, 0.2) is 0 Å². The van der Waals surface area contributed by atoms with Crippen LogP contribution in [0.4, 0.5) is 5.69 Å². The number of nitrogens with one attached hydrogen (secondary N) is 1. The molecule has 1 aliphatic rings. The molecular weight excluding hydrogens is 226 g/mol. The number of anilines is 1. The summed E-state index contributed by atoms with van der Waals surface area (Å²) in [6, 6.07) is 8.32. The predicted molar refractivity (Wildman–Crippen MR) is 73.9 cm³/mol. The highest BCUT2D eigenvalue weighted by Gasteiger charge is 2.22. The summed E-state index contributed by atoms with van der Waals surface area (Å²) in [5.41, 5.74) is 2.32. The lowest BCUT2D eigenvalue weighted by atomic mass is 10.1. The molecule has 1 aliphatic heterocycles. The van der Waals surface area contributed by atoms with Crippen molar-refractivity contribution >= 4 is 11.6 Å². The molecule has 4 nitrogen and oxygen atoms in total. The minimum atomic E-state index is 0.187. The van der Waals surface area contributed by atoms with Gasteiger partial charge in [-0.3, -0.25) is 9.69 Å². The van der Waals surface area contributed by atoms with Crippen LogP contribution < -0.4 is 10.2 Å². The molecule has 0 radical (unpaired) electrons. The Hall–Kier alpha value is -1.39. The van der Waals surface area contributed by atoms with E-state index in [1.165, 1.54) is 5.56 Å². The molecule has 1 amide bonds. The molecule has 1 aromatic rings. The third-order valence-corrected chi connectivity index (χ3v) is 3.32. The van der Waals surface area contributed by atoms with E-state index in [0.717, 1.165) is 31.7 Å². The highest BCUT2D eigenvalue weighted by Crippen LogP contribution is 2.17. The van der Waals surface area contributed by atoms with E-state index < -0.39 is 0 Å². The number of rotatable bonds is 4. The Morgan fingerprint density at radius 2 is 1.94 bits per heavy atom. The second kappa shape index (κ2) is 5.98. The summed E-state index contributed by atoms with van der Waals surface area (Å²) in [5.74, 6) is 0.187. The fraction of sp³-hybridized carbons (Fsp3) is 0.500. The molecule has 1 heterocycles. The van der Waals surface area contributed by atoms with Crippen molar-refractivity contribution in [3.05, 3.63) is 29.8 Å². The van der Waals surface area contributed by atoms with Gasteiger partial charge in [-0.2, -0.15) is 0 Å². The standard InChI is InChI=1S/C14H21N3O/c1-15-8-7-12-3-5-13(6-4-12)17-10-9-16(2)11-14(17)18/h3-6,15H,7-11H2,1-2H3. The van der Waals surface area contributed by atoms with Crippen molar-refractivity contribution in [3.63, 3.8) is 0 Å². The largest absolute Gasteiger partial charge is 0.319 e. The molecule has 1 N–H and O–H groups in total. The molecule has 0 saturated carbocycles. The Kier molecular flexibility index (Phi) is 4.33. The summed E-state index contributed by atoms with van der Waals surface area (Å²) in [4.78, 5) is 15.9. The van der Waals surface area contributed by atoms with E-state index in [0.29, 0.717) is 6.54 Å². The first-order valence-electron chi connectivity index (χ1n) is 6.43. The van der Waals surface area contributed by atoms with Crippen LogP contribution in [0.2, 0.25) is 0 Å². The van der Waals surface area contributed by atoms with Crippen molar-refractivity contribution in [3.8, 4) is 0 Å². The summed E-state index contributed by atoms with van der Waals surface area (Å²) < 4.78 is 0. The van der Waals surface area contributed by atoms with E-state index >= 15 is 0 Å². The Labute approximate surface area is 109 Å². The molecule has 0 spiro atoms. The Morgan fingerprint density at radius 1 is 1.22 bits per heavy atom. The molecule has 4 heteroatoms. The number of hydrogen-bond donors (Lipinski definition) is 1. The summed E-state index contributed by atoms with van der Waals surface area (Å²) in [6.45, 7) is 3.22. The maximum Gasteiger partial charge on any atom is 0.241 e. The van der Waals surface area contributed by atoms with Crippen LogP contribution in [-0.4, -0.2) is 51.1 Å². The molecule has 2 rings (SSSR count). The van der Waals surface area contributed by atoms with Gasteiger partial charge in [0.1, 0.15) is 0 Å². The summed E-state index contributed by atoms with van der Waals surface area (Å²) >= 11 is 0. The molecule has 18 heavy (non-hydrogen) atoms. The maximum atomic E-state index is 11.9. The van der Waals surface area contributed by atoms with Crippen molar-refractivity contribution < 1.29 is 4.79 Å². The molecule has 0 aliphatic carbocycles. The van der Waals surface area contributed by atoms with Gasteiger partial charge in [0.25, 0.3) is 0 Å². The zero-order chi connectivity index (χ0) is 13.0. The van der Waals surface area contributed by atoms with E-state index in [1.807, 2.05) is 31.1 Å². The van der Waals surface area contributed by atoms with Gasteiger partial charge in [-0.15, -0.1) is 0 Å². The summed E-state index contributed by atoms with van der Waals surface area (Å²) in [6.07, 6.45) is 1.02. The first kappa shape index (κ1) is 13.1. The van der Waals surface area contributed by atoms with Crippen molar-refractivity contribution in [1.82, 2.24) is 10.2 Å². The van der Waals surface area contributed by atoms with Gasteiger partial charge in [0, 0.05) is 18.8 Å². The monoisotopic (exact) mass is 247 g/mol. The number of amides is 1. The Bertz CT molecular complexity index is 402. The van der Waals surface area contributed by atoms with E-state index in [9.17, 15) is 4.79 Å². The lowest BCUT2D eigenvalue weighted by Gasteiger charge is -2.32. The van der Waals surface area contributed by atoms with Crippen LogP contribution >= 0.6 is 0 Å². The first-order valence-corrected chi connectivity index (χ1v) is 6.43. The Balaban J connectivity index is 2.02. The fourth-order valence-corrected chi connectivity index (χ4v) is 2.18. The van der Waals surface area contributed by atoms with Gasteiger partial charge < -0.3 is 10.2 Å². The topological polar surface area (TPSA) is 35.6 Å². The van der Waals surface area contributed by atoms with E-state index in [1.54, 1.807) is 0 Å². The zero-order valence-corrected chi connectivity index (χ0v) is 11.1. The van der Waals surface area contributed by atoms with Crippen LogP contribution in [0.5, 0.6) is 0 Å².